The van der Waals surface area contributed by atoms with Gasteiger partial charge in [0.2, 0.25) is 0 Å². The van der Waals surface area contributed by atoms with E-state index >= 15 is 0 Å². The first-order valence-corrected chi connectivity index (χ1v) is 10.7. The molecule has 0 heterocycles. The van der Waals surface area contributed by atoms with Gasteiger partial charge in [-0.15, -0.1) is 0 Å². The Kier molecular flexibility index (Phi) is 7.57. The summed E-state index contributed by atoms with van der Waals surface area (Å²) >= 11 is 0. The van der Waals surface area contributed by atoms with Crippen molar-refractivity contribution in [1.82, 2.24) is 4.90 Å². The molecule has 0 radical (unpaired) electrons. The van der Waals surface area contributed by atoms with E-state index < -0.39 is 5.60 Å². The monoisotopic (exact) mass is 397 g/mol. The molecule has 158 valence electrons. The maximum absolute atomic E-state index is 11.5. The van der Waals surface area contributed by atoms with Gasteiger partial charge in [-0.3, -0.25) is 0 Å². The molecule has 0 unspecified atom stereocenters. The van der Waals surface area contributed by atoms with Crippen LogP contribution < -0.4 is 9.47 Å². The summed E-state index contributed by atoms with van der Waals surface area (Å²) in [6, 6.07) is 16.5. The summed E-state index contributed by atoms with van der Waals surface area (Å²) in [6.07, 6.45) is 6.20. The molecule has 2 aromatic carbocycles. The molecule has 0 spiro atoms. The summed E-state index contributed by atoms with van der Waals surface area (Å²) < 4.78 is 10.6. The van der Waals surface area contributed by atoms with Crippen LogP contribution in [0.1, 0.15) is 49.1 Å². The highest BCUT2D eigenvalue weighted by Crippen LogP contribution is 2.40. The van der Waals surface area contributed by atoms with Crippen LogP contribution in [0, 0.1) is 0 Å². The van der Waals surface area contributed by atoms with Crippen LogP contribution in [0.15, 0.2) is 48.5 Å². The molecule has 1 saturated carbocycles. The molecule has 4 heteroatoms. The van der Waals surface area contributed by atoms with Gasteiger partial charge < -0.3 is 19.5 Å². The van der Waals surface area contributed by atoms with E-state index in [2.05, 4.69) is 36.2 Å². The molecule has 2 aromatic rings. The highest BCUT2D eigenvalue weighted by Gasteiger charge is 2.39. The quantitative estimate of drug-likeness (QED) is 0.668. The zero-order chi connectivity index (χ0) is 20.7. The average molecular weight is 398 g/mol. The van der Waals surface area contributed by atoms with Crippen molar-refractivity contribution in [2.24, 2.45) is 0 Å². The zero-order valence-corrected chi connectivity index (χ0v) is 18.1. The van der Waals surface area contributed by atoms with Gasteiger partial charge in [-0.05, 0) is 61.7 Å². The van der Waals surface area contributed by atoms with Gasteiger partial charge in [-0.2, -0.15) is 0 Å². The number of hydrogen-bond donors (Lipinski definition) is 1. The second-order valence-electron chi connectivity index (χ2n) is 8.35. The number of nitrogens with zero attached hydrogens (tertiary/aromatic N) is 1. The number of benzene rings is 2. The van der Waals surface area contributed by atoms with Crippen molar-refractivity contribution in [2.45, 2.75) is 50.0 Å². The minimum Gasteiger partial charge on any atom is -0.497 e. The van der Waals surface area contributed by atoms with Gasteiger partial charge in [-0.25, -0.2) is 0 Å². The van der Waals surface area contributed by atoms with Gasteiger partial charge in [0.15, 0.2) is 0 Å². The van der Waals surface area contributed by atoms with Crippen LogP contribution in [0.3, 0.4) is 0 Å². The van der Waals surface area contributed by atoms with Crippen molar-refractivity contribution in [3.05, 3.63) is 59.7 Å². The highest BCUT2D eigenvalue weighted by molar-refractivity contribution is 5.32. The topological polar surface area (TPSA) is 41.9 Å². The Hall–Kier alpha value is -2.04. The van der Waals surface area contributed by atoms with Gasteiger partial charge in [0.1, 0.15) is 11.5 Å². The van der Waals surface area contributed by atoms with Crippen molar-refractivity contribution in [3.8, 4) is 11.5 Å². The number of ether oxygens (including phenoxy) is 2. The molecule has 0 saturated heterocycles. The second-order valence-corrected chi connectivity index (χ2v) is 8.35. The molecule has 3 rings (SSSR count). The van der Waals surface area contributed by atoms with E-state index in [0.29, 0.717) is 0 Å². The summed E-state index contributed by atoms with van der Waals surface area (Å²) in [6.45, 7) is 1.80. The van der Waals surface area contributed by atoms with Gasteiger partial charge >= 0.3 is 0 Å². The summed E-state index contributed by atoms with van der Waals surface area (Å²) in [7, 11) is 5.54. The predicted octanol–water partition coefficient (Wildman–Crippen LogP) is 4.66. The molecule has 0 aromatic heterocycles. The van der Waals surface area contributed by atoms with Crippen LogP contribution in [0.5, 0.6) is 11.5 Å². The SMILES string of the molecule is COc1ccc(CCN(C)C[C@@H](c2ccc(OC)cc2)C2(O)CCCCC2)cc1. The van der Waals surface area contributed by atoms with Crippen molar-refractivity contribution >= 4 is 0 Å². The molecule has 1 aliphatic carbocycles. The largest absolute Gasteiger partial charge is 0.497 e. The lowest BCUT2D eigenvalue weighted by atomic mass is 9.72. The highest BCUT2D eigenvalue weighted by atomic mass is 16.5. The van der Waals surface area contributed by atoms with Crippen LogP contribution in [-0.4, -0.2) is 50.0 Å². The summed E-state index contributed by atoms with van der Waals surface area (Å²) in [4.78, 5) is 2.35. The molecule has 1 fully saturated rings. The fourth-order valence-electron chi connectivity index (χ4n) is 4.45. The minimum atomic E-state index is -0.624. The zero-order valence-electron chi connectivity index (χ0n) is 18.1. The lowest BCUT2D eigenvalue weighted by Gasteiger charge is -2.41. The van der Waals surface area contributed by atoms with E-state index in [-0.39, 0.29) is 5.92 Å². The van der Waals surface area contributed by atoms with Crippen LogP contribution >= 0.6 is 0 Å². The molecular weight excluding hydrogens is 362 g/mol. The summed E-state index contributed by atoms with van der Waals surface area (Å²) in [5.41, 5.74) is 1.88. The number of likely N-dealkylation sites (N-methyl/N-ethyl adjacent to an activating group) is 1. The Morgan fingerprint density at radius 2 is 1.45 bits per heavy atom. The first-order valence-electron chi connectivity index (χ1n) is 10.7. The fraction of sp³-hybridized carbons (Fsp3) is 0.520. The first kappa shape index (κ1) is 21.7. The van der Waals surface area contributed by atoms with Crippen LogP contribution in [-0.2, 0) is 6.42 Å². The molecule has 0 aliphatic heterocycles. The Labute approximate surface area is 175 Å². The molecule has 4 nitrogen and oxygen atoms in total. The van der Waals surface area contributed by atoms with Crippen molar-refractivity contribution in [2.75, 3.05) is 34.4 Å². The lowest BCUT2D eigenvalue weighted by Crippen LogP contribution is -2.43. The Morgan fingerprint density at radius 1 is 0.897 bits per heavy atom. The van der Waals surface area contributed by atoms with E-state index in [1.165, 1.54) is 17.5 Å². The third-order valence-corrected chi connectivity index (χ3v) is 6.32. The van der Waals surface area contributed by atoms with E-state index in [9.17, 15) is 5.11 Å². The maximum Gasteiger partial charge on any atom is 0.118 e. The molecular formula is C25H35NO3. The van der Waals surface area contributed by atoms with Crippen molar-refractivity contribution in [1.29, 1.82) is 0 Å². The lowest BCUT2D eigenvalue weighted by molar-refractivity contribution is -0.0291. The van der Waals surface area contributed by atoms with E-state index in [1.54, 1.807) is 14.2 Å². The molecule has 1 aliphatic rings. The summed E-state index contributed by atoms with van der Waals surface area (Å²) in [5, 5.41) is 11.5. The van der Waals surface area contributed by atoms with E-state index in [4.69, 9.17) is 9.47 Å². The minimum absolute atomic E-state index is 0.106. The second kappa shape index (κ2) is 10.1. The first-order chi connectivity index (χ1) is 14.0. The van der Waals surface area contributed by atoms with Crippen molar-refractivity contribution < 1.29 is 14.6 Å². The molecule has 0 amide bonds. The number of methoxy groups -OCH3 is 2. The average Bonchev–Trinajstić information content (AvgIpc) is 2.77. The fourth-order valence-corrected chi connectivity index (χ4v) is 4.45. The van der Waals surface area contributed by atoms with Crippen molar-refractivity contribution in [3.63, 3.8) is 0 Å². The summed E-state index contributed by atoms with van der Waals surface area (Å²) in [5.74, 6) is 1.85. The third-order valence-electron chi connectivity index (χ3n) is 6.32. The van der Waals surface area contributed by atoms with E-state index in [0.717, 1.165) is 56.7 Å². The molecule has 1 atom stereocenters. The van der Waals surface area contributed by atoms with Crippen LogP contribution in [0.2, 0.25) is 0 Å². The van der Waals surface area contributed by atoms with Gasteiger partial charge in [0.25, 0.3) is 0 Å². The smallest absolute Gasteiger partial charge is 0.118 e. The Bertz CT molecular complexity index is 736. The van der Waals surface area contributed by atoms with Crippen LogP contribution in [0.4, 0.5) is 0 Å². The number of aliphatic hydroxyl groups is 1. The molecule has 0 bridgehead atoms. The molecule has 29 heavy (non-hydrogen) atoms. The third kappa shape index (κ3) is 5.74. The maximum atomic E-state index is 11.5. The van der Waals surface area contributed by atoms with Gasteiger partial charge in [-0.1, -0.05) is 43.5 Å². The predicted molar refractivity (Wildman–Crippen MR) is 118 cm³/mol. The van der Waals surface area contributed by atoms with Gasteiger partial charge in [0, 0.05) is 19.0 Å². The number of rotatable bonds is 9. The standard InChI is InChI=1S/C25H35NO3/c1-26(18-15-20-7-11-22(28-2)12-8-20)19-24(25(27)16-5-4-6-17-25)21-9-13-23(29-3)14-10-21/h7-14,24,27H,4-6,15-19H2,1-3H3/t24-/m0/s1. The normalized spacial score (nSPS) is 17.1. The number of hydrogen-bond acceptors (Lipinski definition) is 4. The van der Waals surface area contributed by atoms with Gasteiger partial charge in [0.05, 0.1) is 19.8 Å². The Balaban J connectivity index is 1.69. The van der Waals surface area contributed by atoms with E-state index in [1.807, 2.05) is 24.3 Å². The molecule has 1 N–H and O–H groups in total. The van der Waals surface area contributed by atoms with Crippen LogP contribution in [0.25, 0.3) is 0 Å². The Morgan fingerprint density at radius 3 is 2.00 bits per heavy atom.